The van der Waals surface area contributed by atoms with Crippen molar-refractivity contribution in [1.29, 1.82) is 0 Å². The van der Waals surface area contributed by atoms with Gasteiger partial charge in [0.2, 0.25) is 11.7 Å². The molecule has 10 heteroatoms. The molecule has 0 bridgehead atoms. The molecule has 0 unspecified atom stereocenters. The fourth-order valence-electron chi connectivity index (χ4n) is 11.7. The van der Waals surface area contributed by atoms with Crippen LogP contribution < -0.4 is 10.1 Å². The summed E-state index contributed by atoms with van der Waals surface area (Å²) in [6.45, 7) is 9.45. The molecule has 52 heavy (non-hydrogen) atoms. The first kappa shape index (κ1) is 38.6. The van der Waals surface area contributed by atoms with Crippen molar-refractivity contribution in [3.05, 3.63) is 41.5 Å². The summed E-state index contributed by atoms with van der Waals surface area (Å²) in [4.78, 5) is 53.9. The number of esters is 1. The molecule has 1 amide bonds. The van der Waals surface area contributed by atoms with Crippen LogP contribution in [-0.2, 0) is 29.3 Å². The molecule has 0 spiro atoms. The second-order valence-corrected chi connectivity index (χ2v) is 17.4. The molecule has 4 fully saturated rings. The number of carbonyl (C=O) groups excluding carboxylic acids is 4. The summed E-state index contributed by atoms with van der Waals surface area (Å²) in [6, 6.07) is 8.63. The van der Waals surface area contributed by atoms with Gasteiger partial charge in [-0.25, -0.2) is 0 Å². The maximum atomic E-state index is 13.7. The van der Waals surface area contributed by atoms with Crippen molar-refractivity contribution < 1.29 is 38.9 Å². The van der Waals surface area contributed by atoms with Crippen LogP contribution in [0.5, 0.6) is 5.75 Å². The number of rotatable bonds is 11. The zero-order valence-corrected chi connectivity index (χ0v) is 32.0. The van der Waals surface area contributed by atoms with E-state index >= 15 is 0 Å². The molecule has 1 aromatic carbocycles. The predicted octanol–water partition coefficient (Wildman–Crippen LogP) is 4.93. The number of hydrogen-bond acceptors (Lipinski definition) is 9. The highest BCUT2D eigenvalue weighted by molar-refractivity contribution is 5.92. The molecule has 0 aromatic heterocycles. The summed E-state index contributed by atoms with van der Waals surface area (Å²) in [5.41, 5.74) is -0.588. The Hall–Kier alpha value is -3.08. The van der Waals surface area contributed by atoms with Crippen LogP contribution >= 0.6 is 0 Å². The van der Waals surface area contributed by atoms with Crippen molar-refractivity contribution >= 4 is 23.4 Å². The van der Waals surface area contributed by atoms with Gasteiger partial charge in [0.15, 0.2) is 12.4 Å². The number of Topliss-reactive ketones (excluding diaryl/α,β-unsaturated/α-hetero) is 1. The van der Waals surface area contributed by atoms with E-state index < -0.39 is 35.5 Å². The number of methoxy groups -OCH3 is 1. The van der Waals surface area contributed by atoms with Crippen LogP contribution in [-0.4, -0.2) is 90.2 Å². The van der Waals surface area contributed by atoms with Crippen LogP contribution in [0, 0.1) is 34.5 Å². The molecule has 6 rings (SSSR count). The molecule has 286 valence electrons. The Morgan fingerprint density at radius 3 is 2.46 bits per heavy atom. The normalized spacial score (nSPS) is 38.7. The van der Waals surface area contributed by atoms with Gasteiger partial charge >= 0.3 is 5.97 Å². The van der Waals surface area contributed by atoms with E-state index in [1.807, 2.05) is 19.1 Å². The number of piperidine rings is 1. The second kappa shape index (κ2) is 14.6. The molecule has 1 saturated heterocycles. The molecule has 1 aromatic rings. The summed E-state index contributed by atoms with van der Waals surface area (Å²) in [5, 5.41) is 26.6. The van der Waals surface area contributed by atoms with Crippen LogP contribution in [0.25, 0.3) is 0 Å². The highest BCUT2D eigenvalue weighted by Crippen LogP contribution is 2.67. The summed E-state index contributed by atoms with van der Waals surface area (Å²) in [5.74, 6) is 0.00885. The first-order valence-corrected chi connectivity index (χ1v) is 19.5. The van der Waals surface area contributed by atoms with Gasteiger partial charge in [-0.05, 0) is 118 Å². The number of hydrogen-bond donors (Lipinski definition) is 3. The third-order valence-electron chi connectivity index (χ3n) is 14.9. The van der Waals surface area contributed by atoms with Gasteiger partial charge < -0.3 is 29.9 Å². The molecule has 5 aliphatic rings. The van der Waals surface area contributed by atoms with Gasteiger partial charge in [-0.3, -0.25) is 19.2 Å². The zero-order chi connectivity index (χ0) is 37.6. The number of ether oxygens (including phenoxy) is 2. The van der Waals surface area contributed by atoms with Gasteiger partial charge in [-0.1, -0.05) is 38.5 Å². The van der Waals surface area contributed by atoms with E-state index in [4.69, 9.17) is 9.47 Å². The first-order valence-electron chi connectivity index (χ1n) is 19.5. The van der Waals surface area contributed by atoms with Crippen molar-refractivity contribution in [2.75, 3.05) is 33.9 Å². The number of aliphatic hydroxyl groups is 2. The summed E-state index contributed by atoms with van der Waals surface area (Å²) < 4.78 is 10.8. The first-order chi connectivity index (χ1) is 24.6. The number of aliphatic hydroxyl groups excluding tert-OH is 1. The van der Waals surface area contributed by atoms with E-state index in [1.54, 1.807) is 13.2 Å². The summed E-state index contributed by atoms with van der Waals surface area (Å²) in [7, 11) is 3.81. The number of benzene rings is 1. The Labute approximate surface area is 309 Å². The Kier molecular flexibility index (Phi) is 10.9. The molecular formula is C42H60N2O8. The fraction of sp³-hybridized carbons (Fsp3) is 0.714. The van der Waals surface area contributed by atoms with Crippen molar-refractivity contribution in [2.24, 2.45) is 34.5 Å². The number of fused-ring (bicyclic) bond motifs is 5. The molecule has 1 aliphatic heterocycles. The zero-order valence-electron chi connectivity index (χ0n) is 32.0. The summed E-state index contributed by atoms with van der Waals surface area (Å²) in [6.07, 6.45) is 6.56. The fourth-order valence-corrected chi connectivity index (χ4v) is 11.7. The lowest BCUT2D eigenvalue weighted by molar-refractivity contribution is -0.184. The van der Waals surface area contributed by atoms with E-state index in [0.717, 1.165) is 50.0 Å². The van der Waals surface area contributed by atoms with Gasteiger partial charge in [0, 0.05) is 42.8 Å². The number of nitrogens with one attached hydrogen (secondary N) is 1. The standard InChI is InChI=1S/C42H60N2O8/c1-26-24-44(5)27(2)22-41(26,28-7-10-31(51-6)11-8-28)19-20-43-36(48)13-14-37(49)52-25-35(47)42(50)18-16-33-32-12-9-29-21-30(45)15-17-39(29,3)38(32)34(46)23-40(33,42)4/h7-8,10-11,21,26-27,32-34,38,46,50H,9,12-20,22-25H2,1-6H3,(H,43,48)/t26-,27-,32+,33-,34+,38+,39+,40+,41+,42-/m1/s1. The minimum atomic E-state index is -1.72. The lowest BCUT2D eigenvalue weighted by atomic mass is 9.45. The maximum absolute atomic E-state index is 13.7. The Morgan fingerprint density at radius 2 is 1.75 bits per heavy atom. The quantitative estimate of drug-likeness (QED) is 0.272. The van der Waals surface area contributed by atoms with Crippen LogP contribution in [0.15, 0.2) is 35.9 Å². The van der Waals surface area contributed by atoms with E-state index in [1.165, 1.54) is 5.56 Å². The largest absolute Gasteiger partial charge is 0.497 e. The highest BCUT2D eigenvalue weighted by Gasteiger charge is 2.68. The number of amides is 1. The third kappa shape index (κ3) is 6.66. The number of allylic oxidation sites excluding steroid dienone is 1. The lowest BCUT2D eigenvalue weighted by Crippen LogP contribution is -2.62. The van der Waals surface area contributed by atoms with E-state index in [2.05, 4.69) is 50.2 Å². The Balaban J connectivity index is 1.01. The van der Waals surface area contributed by atoms with Crippen LogP contribution in [0.2, 0.25) is 0 Å². The molecule has 10 nitrogen and oxygen atoms in total. The maximum Gasteiger partial charge on any atom is 0.306 e. The van der Waals surface area contributed by atoms with Crippen molar-refractivity contribution in [2.45, 2.75) is 121 Å². The van der Waals surface area contributed by atoms with Gasteiger partial charge in [0.25, 0.3) is 0 Å². The molecule has 4 aliphatic carbocycles. The smallest absolute Gasteiger partial charge is 0.306 e. The van der Waals surface area contributed by atoms with Crippen molar-refractivity contribution in [1.82, 2.24) is 10.2 Å². The molecule has 3 N–H and O–H groups in total. The van der Waals surface area contributed by atoms with Gasteiger partial charge in [0.1, 0.15) is 11.4 Å². The SMILES string of the molecule is COc1ccc([C@@]2(CCNC(=O)CCC(=O)OCC(=O)[C@]3(O)CC[C@@H]4[C@@H]5CCC6=CC(=O)CC[C@]6(C)[C@@H]5[C@@H](O)C[C@@]43C)C[C@@H](C)N(C)C[C@H]2C)cc1. The van der Waals surface area contributed by atoms with Crippen molar-refractivity contribution in [3.63, 3.8) is 0 Å². The van der Waals surface area contributed by atoms with E-state index in [-0.39, 0.29) is 66.0 Å². The predicted molar refractivity (Wildman–Crippen MR) is 196 cm³/mol. The average molecular weight is 721 g/mol. The summed E-state index contributed by atoms with van der Waals surface area (Å²) >= 11 is 0. The third-order valence-corrected chi connectivity index (χ3v) is 14.9. The number of nitrogens with zero attached hydrogens (tertiary/aromatic N) is 1. The monoisotopic (exact) mass is 720 g/mol. The van der Waals surface area contributed by atoms with Crippen LogP contribution in [0.1, 0.15) is 104 Å². The number of likely N-dealkylation sites (tertiary alicyclic amines) is 1. The van der Waals surface area contributed by atoms with Gasteiger partial charge in [-0.2, -0.15) is 0 Å². The Bertz CT molecular complexity index is 1580. The number of ketones is 2. The van der Waals surface area contributed by atoms with Crippen LogP contribution in [0.4, 0.5) is 0 Å². The average Bonchev–Trinajstić information content (AvgIpc) is 3.38. The molecular weight excluding hydrogens is 660 g/mol. The van der Waals surface area contributed by atoms with E-state index in [9.17, 15) is 29.4 Å². The minimum absolute atomic E-state index is 0.0237. The van der Waals surface area contributed by atoms with Gasteiger partial charge in [-0.15, -0.1) is 0 Å². The topological polar surface area (TPSA) is 142 Å². The highest BCUT2D eigenvalue weighted by atomic mass is 16.5. The van der Waals surface area contributed by atoms with E-state index in [0.29, 0.717) is 31.3 Å². The minimum Gasteiger partial charge on any atom is -0.497 e. The lowest BCUT2D eigenvalue weighted by Gasteiger charge is -2.60. The number of carbonyl (C=O) groups is 4. The Morgan fingerprint density at radius 1 is 1.02 bits per heavy atom. The van der Waals surface area contributed by atoms with Crippen LogP contribution in [0.3, 0.4) is 0 Å². The molecule has 1 heterocycles. The molecule has 3 saturated carbocycles. The van der Waals surface area contributed by atoms with Gasteiger partial charge in [0.05, 0.1) is 19.6 Å². The molecule has 0 radical (unpaired) electrons. The molecule has 10 atom stereocenters. The second-order valence-electron chi connectivity index (χ2n) is 17.4. The van der Waals surface area contributed by atoms with Crippen molar-refractivity contribution in [3.8, 4) is 5.75 Å².